The van der Waals surface area contributed by atoms with Crippen LogP contribution in [0.3, 0.4) is 0 Å². The van der Waals surface area contributed by atoms with Crippen molar-refractivity contribution in [1.29, 1.82) is 0 Å². The Morgan fingerprint density at radius 2 is 1.92 bits per heavy atom. The average molecular weight is 376 g/mol. The number of hydrogen-bond acceptors (Lipinski definition) is 3. The van der Waals surface area contributed by atoms with Crippen LogP contribution in [0.2, 0.25) is 5.02 Å². The lowest BCUT2D eigenvalue weighted by molar-refractivity contribution is -0.136. The summed E-state index contributed by atoms with van der Waals surface area (Å²) in [6.45, 7) is 2.34. The number of carbonyl (C=O) groups is 2. The largest absolute Gasteiger partial charge is 0.344 e. The van der Waals surface area contributed by atoms with Gasteiger partial charge in [0.15, 0.2) is 0 Å². The minimum absolute atomic E-state index is 0.0445. The number of hydrogen-bond donors (Lipinski definition) is 2. The first kappa shape index (κ1) is 18.4. The molecule has 1 saturated heterocycles. The van der Waals surface area contributed by atoms with Crippen LogP contribution in [-0.4, -0.2) is 35.8 Å². The van der Waals surface area contributed by atoms with Gasteiger partial charge in [-0.15, -0.1) is 0 Å². The summed E-state index contributed by atoms with van der Waals surface area (Å²) >= 11 is 5.59. The predicted molar refractivity (Wildman–Crippen MR) is 98.3 cm³/mol. The van der Waals surface area contributed by atoms with Gasteiger partial charge in [0.2, 0.25) is 0 Å². The van der Waals surface area contributed by atoms with Gasteiger partial charge in [0.25, 0.3) is 0 Å². The Morgan fingerprint density at radius 1 is 1.15 bits per heavy atom. The van der Waals surface area contributed by atoms with Crippen LogP contribution < -0.4 is 10.6 Å². The standard InChI is InChI=1S/C19H19ClFN3O2/c20-16-7-6-14(10-17(16)21)22-18(25)19(26)23-15-8-9-24(12-15)11-13-4-2-1-3-5-13/h1-7,10,15H,8-9,11-12H2,(H,22,25)(H,23,26)/t15-/m1/s1. The van der Waals surface area contributed by atoms with Gasteiger partial charge in [-0.05, 0) is 30.2 Å². The highest BCUT2D eigenvalue weighted by molar-refractivity contribution is 6.39. The first-order valence-electron chi connectivity index (χ1n) is 8.34. The fraction of sp³-hybridized carbons (Fsp3) is 0.263. The van der Waals surface area contributed by atoms with E-state index in [-0.39, 0.29) is 16.8 Å². The van der Waals surface area contributed by atoms with Gasteiger partial charge in [-0.1, -0.05) is 41.9 Å². The Balaban J connectivity index is 1.48. The zero-order valence-corrected chi connectivity index (χ0v) is 14.8. The Bertz CT molecular complexity index is 801. The van der Waals surface area contributed by atoms with Gasteiger partial charge in [-0.25, -0.2) is 4.39 Å². The summed E-state index contributed by atoms with van der Waals surface area (Å²) in [7, 11) is 0. The third-order valence-electron chi connectivity index (χ3n) is 4.24. The molecule has 2 aromatic rings. The molecule has 0 saturated carbocycles. The van der Waals surface area contributed by atoms with Gasteiger partial charge in [0, 0.05) is 31.4 Å². The summed E-state index contributed by atoms with van der Waals surface area (Å²) in [6, 6.07) is 13.8. The third kappa shape index (κ3) is 4.80. The number of benzene rings is 2. The second-order valence-corrected chi connectivity index (χ2v) is 6.67. The van der Waals surface area contributed by atoms with Gasteiger partial charge in [0.1, 0.15) is 5.82 Å². The minimum atomic E-state index is -0.826. The van der Waals surface area contributed by atoms with Crippen LogP contribution in [0.25, 0.3) is 0 Å². The smallest absolute Gasteiger partial charge is 0.313 e. The zero-order chi connectivity index (χ0) is 18.5. The number of amides is 2. The Morgan fingerprint density at radius 3 is 2.65 bits per heavy atom. The Labute approximate surface area is 156 Å². The molecule has 0 bridgehead atoms. The van der Waals surface area contributed by atoms with Crippen molar-refractivity contribution in [3.8, 4) is 0 Å². The first-order valence-corrected chi connectivity index (χ1v) is 8.72. The summed E-state index contributed by atoms with van der Waals surface area (Å²) < 4.78 is 13.4. The highest BCUT2D eigenvalue weighted by Crippen LogP contribution is 2.18. The highest BCUT2D eigenvalue weighted by atomic mass is 35.5. The van der Waals surface area contributed by atoms with Gasteiger partial charge >= 0.3 is 11.8 Å². The molecule has 2 aromatic carbocycles. The SMILES string of the molecule is O=C(Nc1ccc(Cl)c(F)c1)C(=O)N[C@@H]1CCN(Cc2ccccc2)C1. The summed E-state index contributed by atoms with van der Waals surface area (Å²) in [5.41, 5.74) is 1.39. The average Bonchev–Trinajstić information content (AvgIpc) is 3.06. The number of likely N-dealkylation sites (tertiary alicyclic amines) is 1. The minimum Gasteiger partial charge on any atom is -0.344 e. The normalized spacial score (nSPS) is 17.1. The molecular weight excluding hydrogens is 357 g/mol. The van der Waals surface area contributed by atoms with Crippen molar-refractivity contribution in [2.75, 3.05) is 18.4 Å². The van der Waals surface area contributed by atoms with Crippen LogP contribution in [0, 0.1) is 5.82 Å². The molecule has 0 unspecified atom stereocenters. The quantitative estimate of drug-likeness (QED) is 0.808. The van der Waals surface area contributed by atoms with E-state index in [1.54, 1.807) is 0 Å². The second-order valence-electron chi connectivity index (χ2n) is 6.26. The van der Waals surface area contributed by atoms with E-state index in [1.165, 1.54) is 17.7 Å². The number of halogens is 2. The maximum absolute atomic E-state index is 13.4. The van der Waals surface area contributed by atoms with Crippen LogP contribution >= 0.6 is 11.6 Å². The van der Waals surface area contributed by atoms with Gasteiger partial charge in [-0.3, -0.25) is 14.5 Å². The van der Waals surface area contributed by atoms with Gasteiger partial charge < -0.3 is 10.6 Å². The molecule has 5 nitrogen and oxygen atoms in total. The van der Waals surface area contributed by atoms with Crippen molar-refractivity contribution in [3.63, 3.8) is 0 Å². The molecule has 0 spiro atoms. The van der Waals surface area contributed by atoms with Crippen LogP contribution in [0.4, 0.5) is 10.1 Å². The van der Waals surface area contributed by atoms with Crippen molar-refractivity contribution in [1.82, 2.24) is 10.2 Å². The van der Waals surface area contributed by atoms with Crippen molar-refractivity contribution >= 4 is 29.1 Å². The van der Waals surface area contributed by atoms with Crippen LogP contribution in [0.15, 0.2) is 48.5 Å². The fourth-order valence-electron chi connectivity index (χ4n) is 2.95. The molecule has 0 radical (unpaired) electrons. The number of rotatable bonds is 4. The molecule has 26 heavy (non-hydrogen) atoms. The van der Waals surface area contributed by atoms with E-state index < -0.39 is 17.6 Å². The van der Waals surface area contributed by atoms with Gasteiger partial charge in [0.05, 0.1) is 5.02 Å². The van der Waals surface area contributed by atoms with Crippen molar-refractivity contribution < 1.29 is 14.0 Å². The monoisotopic (exact) mass is 375 g/mol. The molecule has 0 aromatic heterocycles. The Hall–Kier alpha value is -2.44. The number of nitrogens with zero attached hydrogens (tertiary/aromatic N) is 1. The van der Waals surface area contributed by atoms with Crippen LogP contribution in [-0.2, 0) is 16.1 Å². The lowest BCUT2D eigenvalue weighted by Crippen LogP contribution is -2.43. The molecule has 3 rings (SSSR count). The molecule has 136 valence electrons. The van der Waals surface area contributed by atoms with Crippen LogP contribution in [0.5, 0.6) is 0 Å². The molecule has 2 N–H and O–H groups in total. The molecule has 2 amide bonds. The van der Waals surface area contributed by atoms with E-state index in [0.717, 1.165) is 25.6 Å². The molecule has 1 aliphatic heterocycles. The molecule has 1 heterocycles. The summed E-state index contributed by atoms with van der Waals surface area (Å²) in [5, 5.41) is 5.06. The van der Waals surface area contributed by atoms with Gasteiger partial charge in [-0.2, -0.15) is 0 Å². The zero-order valence-electron chi connectivity index (χ0n) is 14.0. The highest BCUT2D eigenvalue weighted by Gasteiger charge is 2.26. The van der Waals surface area contributed by atoms with Crippen LogP contribution in [0.1, 0.15) is 12.0 Å². The maximum Gasteiger partial charge on any atom is 0.313 e. The molecular formula is C19H19ClFN3O2. The molecule has 1 atom stereocenters. The van der Waals surface area contributed by atoms with E-state index in [2.05, 4.69) is 27.7 Å². The van der Waals surface area contributed by atoms with E-state index >= 15 is 0 Å². The first-order chi connectivity index (χ1) is 12.5. The topological polar surface area (TPSA) is 61.4 Å². The van der Waals surface area contributed by atoms with Crippen molar-refractivity contribution in [2.24, 2.45) is 0 Å². The van der Waals surface area contributed by atoms with E-state index in [1.807, 2.05) is 18.2 Å². The van der Waals surface area contributed by atoms with E-state index in [9.17, 15) is 14.0 Å². The summed E-state index contributed by atoms with van der Waals surface area (Å²) in [4.78, 5) is 26.3. The fourth-order valence-corrected chi connectivity index (χ4v) is 3.07. The third-order valence-corrected chi connectivity index (χ3v) is 4.55. The molecule has 1 aliphatic rings. The summed E-state index contributed by atoms with van der Waals surface area (Å²) in [6.07, 6.45) is 0.779. The Kier molecular flexibility index (Phi) is 5.85. The van der Waals surface area contributed by atoms with E-state index in [0.29, 0.717) is 6.54 Å². The number of anilines is 1. The maximum atomic E-state index is 13.4. The molecule has 1 fully saturated rings. The summed E-state index contributed by atoms with van der Waals surface area (Å²) in [5.74, 6) is -2.21. The molecule has 0 aliphatic carbocycles. The lowest BCUT2D eigenvalue weighted by Gasteiger charge is -2.16. The predicted octanol–water partition coefficient (Wildman–Crippen LogP) is 2.81. The second kappa shape index (κ2) is 8.29. The van der Waals surface area contributed by atoms with E-state index in [4.69, 9.17) is 11.6 Å². The molecule has 7 heteroatoms. The number of nitrogens with one attached hydrogen (secondary N) is 2. The van der Waals surface area contributed by atoms with Crippen molar-refractivity contribution in [2.45, 2.75) is 19.0 Å². The van der Waals surface area contributed by atoms with Crippen molar-refractivity contribution in [3.05, 3.63) is 64.9 Å². The lowest BCUT2D eigenvalue weighted by atomic mass is 10.2. The number of carbonyl (C=O) groups excluding carboxylic acids is 2.